The normalized spacial score (nSPS) is 23.9. The molecule has 7 heteroatoms. The second-order valence-corrected chi connectivity index (χ2v) is 6.25. The maximum atomic E-state index is 11.2. The van der Waals surface area contributed by atoms with Crippen molar-refractivity contribution in [2.45, 2.75) is 58.0 Å². The van der Waals surface area contributed by atoms with Gasteiger partial charge in [-0.25, -0.2) is 9.48 Å². The van der Waals surface area contributed by atoms with Gasteiger partial charge >= 0.3 is 5.97 Å². The Balaban J connectivity index is 2.45. The highest BCUT2D eigenvalue weighted by molar-refractivity contribution is 5.86. The molecule has 0 aromatic carbocycles. The minimum atomic E-state index is -1.10. The molecule has 1 N–H and O–H groups in total. The van der Waals surface area contributed by atoms with Crippen molar-refractivity contribution in [3.05, 3.63) is 11.4 Å². The van der Waals surface area contributed by atoms with E-state index in [1.807, 2.05) is 27.7 Å². The maximum Gasteiger partial charge on any atom is 0.358 e. The van der Waals surface area contributed by atoms with Crippen molar-refractivity contribution in [3.63, 3.8) is 0 Å². The Hall–Kier alpha value is -1.47. The van der Waals surface area contributed by atoms with Crippen molar-refractivity contribution in [3.8, 4) is 0 Å². The van der Waals surface area contributed by atoms with E-state index in [0.29, 0.717) is 5.69 Å². The number of methoxy groups -OCH3 is 1. The molecule has 1 atom stereocenters. The molecule has 1 aromatic heterocycles. The van der Waals surface area contributed by atoms with E-state index in [1.165, 1.54) is 7.11 Å². The number of hydrogen-bond donors (Lipinski definition) is 1. The molecule has 1 aliphatic rings. The van der Waals surface area contributed by atoms with Gasteiger partial charge in [-0.15, -0.1) is 5.10 Å². The third-order valence-electron chi connectivity index (χ3n) is 3.60. The van der Waals surface area contributed by atoms with Crippen molar-refractivity contribution in [1.82, 2.24) is 15.0 Å². The number of rotatable bonds is 4. The molecular weight excluding hydrogens is 262 g/mol. The van der Waals surface area contributed by atoms with Crippen LogP contribution < -0.4 is 0 Å². The highest BCUT2D eigenvalue weighted by atomic mass is 16.5. The van der Waals surface area contributed by atoms with E-state index in [-0.39, 0.29) is 23.9 Å². The van der Waals surface area contributed by atoms with Crippen LogP contribution in [0.5, 0.6) is 0 Å². The predicted molar refractivity (Wildman–Crippen MR) is 70.6 cm³/mol. The van der Waals surface area contributed by atoms with Crippen LogP contribution in [0.4, 0.5) is 0 Å². The molecule has 0 saturated carbocycles. The minimum Gasteiger partial charge on any atom is -0.476 e. The lowest BCUT2D eigenvalue weighted by atomic mass is 9.94. The Morgan fingerprint density at radius 2 is 2.15 bits per heavy atom. The third-order valence-corrected chi connectivity index (χ3v) is 3.60. The predicted octanol–water partition coefficient (Wildman–Crippen LogP) is 1.64. The smallest absolute Gasteiger partial charge is 0.358 e. The highest BCUT2D eigenvalue weighted by Crippen LogP contribution is 2.45. The molecule has 0 spiro atoms. The van der Waals surface area contributed by atoms with E-state index in [2.05, 4.69) is 10.3 Å². The van der Waals surface area contributed by atoms with Gasteiger partial charge in [-0.1, -0.05) is 5.21 Å². The van der Waals surface area contributed by atoms with Gasteiger partial charge in [-0.3, -0.25) is 0 Å². The van der Waals surface area contributed by atoms with Gasteiger partial charge in [0.25, 0.3) is 0 Å². The Bertz CT molecular complexity index is 522. The Morgan fingerprint density at radius 3 is 2.60 bits per heavy atom. The summed E-state index contributed by atoms with van der Waals surface area (Å²) in [4.78, 5) is 11.2. The number of ether oxygens (including phenoxy) is 2. The summed E-state index contributed by atoms with van der Waals surface area (Å²) in [6.45, 7) is 8.14. The average molecular weight is 283 g/mol. The summed E-state index contributed by atoms with van der Waals surface area (Å²) in [7, 11) is 1.52. The molecule has 0 bridgehead atoms. The maximum absolute atomic E-state index is 11.2. The molecule has 1 aliphatic heterocycles. The first-order valence-corrected chi connectivity index (χ1v) is 6.54. The van der Waals surface area contributed by atoms with Crippen LogP contribution in [0.25, 0.3) is 0 Å². The average Bonchev–Trinajstić information content (AvgIpc) is 2.77. The number of aromatic nitrogens is 3. The highest BCUT2D eigenvalue weighted by Gasteiger charge is 2.48. The molecule has 1 aromatic rings. The first-order valence-electron chi connectivity index (χ1n) is 6.54. The topological polar surface area (TPSA) is 86.5 Å². The lowest BCUT2D eigenvalue weighted by Gasteiger charge is -2.27. The summed E-state index contributed by atoms with van der Waals surface area (Å²) < 4.78 is 12.8. The number of carboxylic acids is 1. The van der Waals surface area contributed by atoms with Gasteiger partial charge in [0.05, 0.1) is 29.5 Å². The molecule has 20 heavy (non-hydrogen) atoms. The zero-order chi connectivity index (χ0) is 15.1. The number of carboxylic acid groups (broad SMARTS) is 1. The number of hydrogen-bond acceptors (Lipinski definition) is 5. The lowest BCUT2D eigenvalue weighted by Crippen LogP contribution is -2.32. The van der Waals surface area contributed by atoms with Crippen LogP contribution in [-0.2, 0) is 16.1 Å². The van der Waals surface area contributed by atoms with E-state index in [9.17, 15) is 9.90 Å². The summed E-state index contributed by atoms with van der Waals surface area (Å²) in [6.07, 6.45) is 0.735. The van der Waals surface area contributed by atoms with Gasteiger partial charge in [-0.2, -0.15) is 0 Å². The molecule has 1 saturated heterocycles. The fourth-order valence-corrected chi connectivity index (χ4v) is 2.92. The first kappa shape index (κ1) is 14.9. The monoisotopic (exact) mass is 283 g/mol. The molecule has 0 radical (unpaired) electrons. The molecule has 112 valence electrons. The van der Waals surface area contributed by atoms with Crippen LogP contribution in [0.15, 0.2) is 0 Å². The summed E-state index contributed by atoms with van der Waals surface area (Å²) in [5.41, 5.74) is -0.324. The minimum absolute atomic E-state index is 0.0626. The van der Waals surface area contributed by atoms with Crippen LogP contribution >= 0.6 is 0 Å². The standard InChI is InChI=1S/C13H21N3O4/c1-12(2)6-9(13(3,4)20-12)16-8(7-19-5)10(11(17)18)14-15-16/h9H,6-7H2,1-5H3,(H,17,18). The van der Waals surface area contributed by atoms with Crippen molar-refractivity contribution >= 4 is 5.97 Å². The Morgan fingerprint density at radius 1 is 1.50 bits per heavy atom. The molecule has 1 unspecified atom stereocenters. The van der Waals surface area contributed by atoms with E-state index >= 15 is 0 Å². The van der Waals surface area contributed by atoms with E-state index in [4.69, 9.17) is 9.47 Å². The van der Waals surface area contributed by atoms with E-state index in [1.54, 1.807) is 4.68 Å². The summed E-state index contributed by atoms with van der Waals surface area (Å²) in [5.74, 6) is -1.10. The number of carbonyl (C=O) groups is 1. The molecule has 2 rings (SSSR count). The second kappa shape index (κ2) is 4.82. The van der Waals surface area contributed by atoms with Gasteiger partial charge in [0.2, 0.25) is 0 Å². The molecule has 0 amide bonds. The van der Waals surface area contributed by atoms with Crippen molar-refractivity contribution in [2.24, 2.45) is 0 Å². The Labute approximate surface area is 117 Å². The number of nitrogens with zero attached hydrogens (tertiary/aromatic N) is 3. The molecule has 0 aliphatic carbocycles. The quantitative estimate of drug-likeness (QED) is 0.904. The van der Waals surface area contributed by atoms with Gasteiger partial charge in [0.15, 0.2) is 5.69 Å². The summed E-state index contributed by atoms with van der Waals surface area (Å²) in [5, 5.41) is 17.0. The van der Waals surface area contributed by atoms with Crippen molar-refractivity contribution in [2.75, 3.05) is 7.11 Å². The van der Waals surface area contributed by atoms with Crippen LogP contribution in [0.2, 0.25) is 0 Å². The van der Waals surface area contributed by atoms with Crippen molar-refractivity contribution < 1.29 is 19.4 Å². The Kier molecular flexibility index (Phi) is 3.60. The van der Waals surface area contributed by atoms with Gasteiger partial charge in [0.1, 0.15) is 0 Å². The van der Waals surface area contributed by atoms with Gasteiger partial charge < -0.3 is 14.6 Å². The number of aromatic carboxylic acids is 1. The molecule has 1 fully saturated rings. The van der Waals surface area contributed by atoms with Crippen LogP contribution in [-0.4, -0.2) is 44.4 Å². The van der Waals surface area contributed by atoms with Crippen LogP contribution in [0.3, 0.4) is 0 Å². The lowest BCUT2D eigenvalue weighted by molar-refractivity contribution is -0.0742. The molecule has 2 heterocycles. The van der Waals surface area contributed by atoms with Crippen molar-refractivity contribution in [1.29, 1.82) is 0 Å². The van der Waals surface area contributed by atoms with Crippen LogP contribution in [0.1, 0.15) is 56.3 Å². The zero-order valence-corrected chi connectivity index (χ0v) is 12.5. The largest absolute Gasteiger partial charge is 0.476 e. The summed E-state index contributed by atoms with van der Waals surface area (Å²) >= 11 is 0. The fraction of sp³-hybridized carbons (Fsp3) is 0.769. The van der Waals surface area contributed by atoms with E-state index in [0.717, 1.165) is 6.42 Å². The summed E-state index contributed by atoms with van der Waals surface area (Å²) in [6, 6.07) is -0.0803. The molecular formula is C13H21N3O4. The SMILES string of the molecule is COCc1c(C(=O)O)nnn1C1CC(C)(C)OC1(C)C. The first-order chi connectivity index (χ1) is 9.18. The molecule has 7 nitrogen and oxygen atoms in total. The van der Waals surface area contributed by atoms with Gasteiger partial charge in [-0.05, 0) is 27.7 Å². The zero-order valence-electron chi connectivity index (χ0n) is 12.5. The fourth-order valence-electron chi connectivity index (χ4n) is 2.92. The van der Waals surface area contributed by atoms with Gasteiger partial charge in [0, 0.05) is 13.5 Å². The third kappa shape index (κ3) is 2.55. The van der Waals surface area contributed by atoms with Crippen LogP contribution in [0, 0.1) is 0 Å². The second-order valence-electron chi connectivity index (χ2n) is 6.25. The van der Waals surface area contributed by atoms with E-state index < -0.39 is 11.6 Å².